The molecule has 0 aliphatic carbocycles. The monoisotopic (exact) mass is 273 g/mol. The predicted octanol–water partition coefficient (Wildman–Crippen LogP) is 3.39. The fourth-order valence-electron chi connectivity index (χ4n) is 1.71. The van der Waals surface area contributed by atoms with Gasteiger partial charge in [-0.3, -0.25) is 4.98 Å². The Morgan fingerprint density at radius 2 is 2.17 bits per heavy atom. The maximum atomic E-state index is 5.81. The SMILES string of the molecule is NCc1sc(-c2cccnc2)nc1-c1cccs1. The number of pyridine rings is 1. The number of nitrogens with two attached hydrogens (primary N) is 1. The summed E-state index contributed by atoms with van der Waals surface area (Å²) in [5.41, 5.74) is 7.86. The van der Waals surface area contributed by atoms with E-state index in [1.165, 1.54) is 4.88 Å². The van der Waals surface area contributed by atoms with E-state index in [-0.39, 0.29) is 0 Å². The van der Waals surface area contributed by atoms with Gasteiger partial charge in [-0.25, -0.2) is 4.98 Å². The molecule has 18 heavy (non-hydrogen) atoms. The molecule has 3 rings (SSSR count). The van der Waals surface area contributed by atoms with Crippen LogP contribution in [0.2, 0.25) is 0 Å². The maximum absolute atomic E-state index is 5.81. The van der Waals surface area contributed by atoms with Crippen LogP contribution in [0, 0.1) is 0 Å². The van der Waals surface area contributed by atoms with E-state index in [4.69, 9.17) is 10.7 Å². The second-order valence-corrected chi connectivity index (χ2v) is 5.75. The van der Waals surface area contributed by atoms with Crippen LogP contribution < -0.4 is 5.73 Å². The molecule has 2 N–H and O–H groups in total. The third kappa shape index (κ3) is 2.08. The van der Waals surface area contributed by atoms with Crippen LogP contribution >= 0.6 is 22.7 Å². The highest BCUT2D eigenvalue weighted by Crippen LogP contribution is 2.35. The zero-order valence-corrected chi connectivity index (χ0v) is 11.2. The Balaban J connectivity index is 2.09. The van der Waals surface area contributed by atoms with Crippen LogP contribution in [0.5, 0.6) is 0 Å². The molecular weight excluding hydrogens is 262 g/mol. The van der Waals surface area contributed by atoms with Gasteiger partial charge in [0, 0.05) is 29.4 Å². The van der Waals surface area contributed by atoms with Crippen LogP contribution in [0.3, 0.4) is 0 Å². The summed E-state index contributed by atoms with van der Waals surface area (Å²) < 4.78 is 0. The average molecular weight is 273 g/mol. The van der Waals surface area contributed by atoms with E-state index in [9.17, 15) is 0 Å². The van der Waals surface area contributed by atoms with E-state index in [1.54, 1.807) is 28.9 Å². The van der Waals surface area contributed by atoms with Crippen molar-refractivity contribution in [3.63, 3.8) is 0 Å². The highest BCUT2D eigenvalue weighted by atomic mass is 32.1. The van der Waals surface area contributed by atoms with Crippen molar-refractivity contribution in [2.45, 2.75) is 6.54 Å². The number of aromatic nitrogens is 2. The Kier molecular flexibility index (Phi) is 3.19. The normalized spacial score (nSPS) is 10.7. The molecule has 0 saturated heterocycles. The van der Waals surface area contributed by atoms with Gasteiger partial charge in [0.2, 0.25) is 0 Å². The third-order valence-corrected chi connectivity index (χ3v) is 4.55. The summed E-state index contributed by atoms with van der Waals surface area (Å²) >= 11 is 3.33. The minimum absolute atomic E-state index is 0.519. The van der Waals surface area contributed by atoms with Crippen LogP contribution in [0.25, 0.3) is 21.1 Å². The largest absolute Gasteiger partial charge is 0.326 e. The third-order valence-electron chi connectivity index (χ3n) is 2.55. The lowest BCUT2D eigenvalue weighted by molar-refractivity contribution is 1.10. The molecule has 0 aromatic carbocycles. The Bertz CT molecular complexity index is 630. The molecule has 0 atom stereocenters. The van der Waals surface area contributed by atoms with E-state index in [1.807, 2.05) is 24.4 Å². The highest BCUT2D eigenvalue weighted by Gasteiger charge is 2.13. The summed E-state index contributed by atoms with van der Waals surface area (Å²) in [4.78, 5) is 11.1. The van der Waals surface area contributed by atoms with Crippen molar-refractivity contribution >= 4 is 22.7 Å². The van der Waals surface area contributed by atoms with E-state index < -0.39 is 0 Å². The molecule has 0 aliphatic heterocycles. The number of hydrogen-bond acceptors (Lipinski definition) is 5. The molecule has 5 heteroatoms. The summed E-state index contributed by atoms with van der Waals surface area (Å²) in [5.74, 6) is 0. The number of nitrogens with zero attached hydrogens (tertiary/aromatic N) is 2. The number of thiophene rings is 1. The fraction of sp³-hybridized carbons (Fsp3) is 0.0769. The first kappa shape index (κ1) is 11.5. The lowest BCUT2D eigenvalue weighted by Gasteiger charge is -1.94. The van der Waals surface area contributed by atoms with Crippen LogP contribution in [0.1, 0.15) is 4.88 Å². The zero-order chi connectivity index (χ0) is 12.4. The molecule has 0 fully saturated rings. The van der Waals surface area contributed by atoms with Crippen molar-refractivity contribution in [1.82, 2.24) is 9.97 Å². The fourth-order valence-corrected chi connectivity index (χ4v) is 3.46. The molecule has 3 aromatic rings. The molecule has 0 radical (unpaired) electrons. The van der Waals surface area contributed by atoms with Gasteiger partial charge in [-0.05, 0) is 23.6 Å². The van der Waals surface area contributed by atoms with Gasteiger partial charge < -0.3 is 5.73 Å². The zero-order valence-electron chi connectivity index (χ0n) is 9.54. The Hall–Kier alpha value is -1.56. The minimum atomic E-state index is 0.519. The van der Waals surface area contributed by atoms with Crippen molar-refractivity contribution in [2.24, 2.45) is 5.73 Å². The van der Waals surface area contributed by atoms with Crippen molar-refractivity contribution in [3.05, 3.63) is 46.9 Å². The first-order valence-electron chi connectivity index (χ1n) is 5.52. The Morgan fingerprint density at radius 3 is 2.83 bits per heavy atom. The summed E-state index contributed by atoms with van der Waals surface area (Å²) in [6.07, 6.45) is 3.60. The van der Waals surface area contributed by atoms with Crippen molar-refractivity contribution in [1.29, 1.82) is 0 Å². The molecular formula is C13H11N3S2. The lowest BCUT2D eigenvalue weighted by Crippen LogP contribution is -1.94. The van der Waals surface area contributed by atoms with Gasteiger partial charge in [0.05, 0.1) is 10.6 Å². The van der Waals surface area contributed by atoms with Gasteiger partial charge in [-0.15, -0.1) is 22.7 Å². The van der Waals surface area contributed by atoms with Gasteiger partial charge in [0.25, 0.3) is 0 Å². The second kappa shape index (κ2) is 4.97. The molecule has 0 spiro atoms. The van der Waals surface area contributed by atoms with Crippen LogP contribution in [0.4, 0.5) is 0 Å². The van der Waals surface area contributed by atoms with Gasteiger partial charge in [-0.1, -0.05) is 6.07 Å². The van der Waals surface area contributed by atoms with Crippen LogP contribution in [0.15, 0.2) is 42.0 Å². The average Bonchev–Trinajstić information content (AvgIpc) is 3.08. The quantitative estimate of drug-likeness (QED) is 0.795. The highest BCUT2D eigenvalue weighted by molar-refractivity contribution is 7.17. The molecule has 3 nitrogen and oxygen atoms in total. The van der Waals surface area contributed by atoms with E-state index >= 15 is 0 Å². The Labute approximate surface area is 113 Å². The number of rotatable bonds is 3. The number of thiazole rings is 1. The van der Waals surface area contributed by atoms with Gasteiger partial charge in [-0.2, -0.15) is 0 Å². The molecule has 0 unspecified atom stereocenters. The molecule has 3 aromatic heterocycles. The van der Waals surface area contributed by atoms with Gasteiger partial charge >= 0.3 is 0 Å². The summed E-state index contributed by atoms with van der Waals surface area (Å²) in [6.45, 7) is 0.519. The van der Waals surface area contributed by atoms with E-state index in [2.05, 4.69) is 16.4 Å². The van der Waals surface area contributed by atoms with Gasteiger partial charge in [0.15, 0.2) is 0 Å². The molecule has 90 valence electrons. The van der Waals surface area contributed by atoms with Crippen molar-refractivity contribution in [2.75, 3.05) is 0 Å². The van der Waals surface area contributed by atoms with Crippen LogP contribution in [-0.4, -0.2) is 9.97 Å². The van der Waals surface area contributed by atoms with E-state index in [0.717, 1.165) is 21.1 Å². The number of hydrogen-bond donors (Lipinski definition) is 1. The predicted molar refractivity (Wildman–Crippen MR) is 76.5 cm³/mol. The molecule has 0 bridgehead atoms. The van der Waals surface area contributed by atoms with Gasteiger partial charge in [0.1, 0.15) is 5.01 Å². The molecule has 0 aliphatic rings. The summed E-state index contributed by atoms with van der Waals surface area (Å²) in [6, 6.07) is 8.04. The smallest absolute Gasteiger partial charge is 0.125 e. The maximum Gasteiger partial charge on any atom is 0.125 e. The topological polar surface area (TPSA) is 51.8 Å². The summed E-state index contributed by atoms with van der Waals surface area (Å²) in [7, 11) is 0. The second-order valence-electron chi connectivity index (χ2n) is 3.71. The Morgan fingerprint density at radius 1 is 1.22 bits per heavy atom. The minimum Gasteiger partial charge on any atom is -0.326 e. The summed E-state index contributed by atoms with van der Waals surface area (Å²) in [5, 5.41) is 3.03. The first-order chi connectivity index (χ1) is 8.88. The van der Waals surface area contributed by atoms with Crippen LogP contribution in [-0.2, 0) is 6.54 Å². The first-order valence-corrected chi connectivity index (χ1v) is 7.22. The van der Waals surface area contributed by atoms with Crippen molar-refractivity contribution in [3.8, 4) is 21.1 Å². The molecule has 0 saturated carbocycles. The standard InChI is InChI=1S/C13H11N3S2/c14-7-11-12(10-4-2-6-17-10)16-13(18-11)9-3-1-5-15-8-9/h1-6,8H,7,14H2. The lowest BCUT2D eigenvalue weighted by atomic mass is 10.3. The molecule has 3 heterocycles. The van der Waals surface area contributed by atoms with Crippen molar-refractivity contribution < 1.29 is 0 Å². The van der Waals surface area contributed by atoms with E-state index in [0.29, 0.717) is 6.54 Å². The molecule has 0 amide bonds.